The molecule has 2 aromatic carbocycles. The van der Waals surface area contributed by atoms with Crippen LogP contribution in [0.2, 0.25) is 5.02 Å². The van der Waals surface area contributed by atoms with E-state index in [9.17, 15) is 14.9 Å². The number of halogens is 1. The van der Waals surface area contributed by atoms with Gasteiger partial charge in [0.2, 0.25) is 5.91 Å². The van der Waals surface area contributed by atoms with Crippen LogP contribution in [0.25, 0.3) is 0 Å². The first kappa shape index (κ1) is 16.0. The number of nitro benzene ring substituents is 1. The highest BCUT2D eigenvalue weighted by molar-refractivity contribution is 6.30. The van der Waals surface area contributed by atoms with E-state index in [4.69, 9.17) is 11.6 Å². The minimum atomic E-state index is -0.466. The predicted molar refractivity (Wildman–Crippen MR) is 84.8 cm³/mol. The van der Waals surface area contributed by atoms with Gasteiger partial charge in [0, 0.05) is 17.2 Å². The number of carbonyl (C=O) groups excluding carboxylic acids is 1. The number of hydrogen-bond acceptors (Lipinski definition) is 3. The lowest BCUT2D eigenvalue weighted by Gasteiger charge is -2.14. The van der Waals surface area contributed by atoms with Crippen molar-refractivity contribution in [2.75, 3.05) is 0 Å². The van der Waals surface area contributed by atoms with Crippen LogP contribution in [0.15, 0.2) is 48.5 Å². The van der Waals surface area contributed by atoms with Gasteiger partial charge in [0.1, 0.15) is 0 Å². The molecule has 0 bridgehead atoms. The number of hydrogen-bond donors (Lipinski definition) is 1. The van der Waals surface area contributed by atoms with Gasteiger partial charge in [-0.2, -0.15) is 0 Å². The first-order chi connectivity index (χ1) is 10.5. The summed E-state index contributed by atoms with van der Waals surface area (Å²) < 4.78 is 0. The van der Waals surface area contributed by atoms with Gasteiger partial charge in [0.25, 0.3) is 5.69 Å². The fraction of sp³-hybridized carbons (Fsp3) is 0.188. The van der Waals surface area contributed by atoms with Crippen molar-refractivity contribution in [2.24, 2.45) is 0 Å². The molecule has 0 saturated carbocycles. The Labute approximate surface area is 133 Å². The Bertz CT molecular complexity index is 669. The van der Waals surface area contributed by atoms with Gasteiger partial charge < -0.3 is 5.32 Å². The summed E-state index contributed by atoms with van der Waals surface area (Å²) in [6.45, 7) is 1.89. The van der Waals surface area contributed by atoms with E-state index in [2.05, 4.69) is 5.32 Å². The van der Waals surface area contributed by atoms with E-state index in [1.165, 1.54) is 12.1 Å². The van der Waals surface area contributed by atoms with Crippen LogP contribution in [0, 0.1) is 10.1 Å². The quantitative estimate of drug-likeness (QED) is 0.675. The Morgan fingerprint density at radius 3 is 2.32 bits per heavy atom. The van der Waals surface area contributed by atoms with Crippen molar-refractivity contribution in [1.29, 1.82) is 0 Å². The van der Waals surface area contributed by atoms with Crippen molar-refractivity contribution in [3.05, 3.63) is 74.8 Å². The maximum Gasteiger partial charge on any atom is 0.269 e. The fourth-order valence-electron chi connectivity index (χ4n) is 2.05. The zero-order valence-electron chi connectivity index (χ0n) is 12.0. The molecule has 6 heteroatoms. The number of nitrogens with one attached hydrogen (secondary N) is 1. The van der Waals surface area contributed by atoms with Crippen molar-refractivity contribution in [3.8, 4) is 0 Å². The summed E-state index contributed by atoms with van der Waals surface area (Å²) >= 11 is 5.83. The van der Waals surface area contributed by atoms with Crippen molar-refractivity contribution in [1.82, 2.24) is 5.32 Å². The molecule has 1 unspecified atom stereocenters. The molecule has 0 heterocycles. The average Bonchev–Trinajstić information content (AvgIpc) is 2.48. The van der Waals surface area contributed by atoms with Crippen LogP contribution in [0.5, 0.6) is 0 Å². The van der Waals surface area contributed by atoms with E-state index in [-0.39, 0.29) is 24.1 Å². The third kappa shape index (κ3) is 4.30. The summed E-state index contributed by atoms with van der Waals surface area (Å²) in [5, 5.41) is 14.1. The third-order valence-corrected chi connectivity index (χ3v) is 3.51. The standard InChI is InChI=1S/C16H15ClN2O3/c1-11(13-4-6-14(17)7-5-13)18-16(20)10-12-2-8-15(9-3-12)19(21)22/h2-9,11H,10H2,1H3,(H,18,20). The van der Waals surface area contributed by atoms with E-state index in [0.29, 0.717) is 5.02 Å². The summed E-state index contributed by atoms with van der Waals surface area (Å²) in [6.07, 6.45) is 0.177. The fourth-order valence-corrected chi connectivity index (χ4v) is 2.17. The highest BCUT2D eigenvalue weighted by Crippen LogP contribution is 2.17. The maximum absolute atomic E-state index is 12.0. The van der Waals surface area contributed by atoms with Gasteiger partial charge in [-0.05, 0) is 30.2 Å². The van der Waals surface area contributed by atoms with Gasteiger partial charge in [-0.3, -0.25) is 14.9 Å². The van der Waals surface area contributed by atoms with Gasteiger partial charge >= 0.3 is 0 Å². The third-order valence-electron chi connectivity index (χ3n) is 3.26. The zero-order chi connectivity index (χ0) is 16.1. The lowest BCUT2D eigenvalue weighted by molar-refractivity contribution is -0.384. The molecule has 5 nitrogen and oxygen atoms in total. The Balaban J connectivity index is 1.94. The topological polar surface area (TPSA) is 72.2 Å². The molecule has 1 atom stereocenters. The second-order valence-electron chi connectivity index (χ2n) is 4.94. The Morgan fingerprint density at radius 2 is 1.77 bits per heavy atom. The monoisotopic (exact) mass is 318 g/mol. The van der Waals surface area contributed by atoms with Gasteiger partial charge in [-0.1, -0.05) is 35.9 Å². The summed E-state index contributed by atoms with van der Waals surface area (Å²) in [7, 11) is 0. The molecule has 0 radical (unpaired) electrons. The number of rotatable bonds is 5. The molecular formula is C16H15ClN2O3. The number of nitrogens with zero attached hydrogens (tertiary/aromatic N) is 1. The summed E-state index contributed by atoms with van der Waals surface area (Å²) in [5.41, 5.74) is 1.70. The first-order valence-corrected chi connectivity index (χ1v) is 7.11. The normalized spacial score (nSPS) is 11.7. The highest BCUT2D eigenvalue weighted by Gasteiger charge is 2.11. The molecule has 0 aliphatic rings. The Kier molecular flexibility index (Phi) is 5.12. The molecule has 22 heavy (non-hydrogen) atoms. The van der Waals surface area contributed by atoms with E-state index in [1.807, 2.05) is 19.1 Å². The zero-order valence-corrected chi connectivity index (χ0v) is 12.7. The molecule has 0 spiro atoms. The van der Waals surface area contributed by atoms with Crippen molar-refractivity contribution >= 4 is 23.2 Å². The minimum Gasteiger partial charge on any atom is -0.349 e. The maximum atomic E-state index is 12.0. The van der Waals surface area contributed by atoms with Crippen LogP contribution in [0.1, 0.15) is 24.1 Å². The van der Waals surface area contributed by atoms with E-state index >= 15 is 0 Å². The molecule has 0 aliphatic heterocycles. The van der Waals surface area contributed by atoms with Crippen molar-refractivity contribution < 1.29 is 9.72 Å². The molecular weight excluding hydrogens is 304 g/mol. The lowest BCUT2D eigenvalue weighted by Crippen LogP contribution is -2.28. The SMILES string of the molecule is CC(NC(=O)Cc1ccc([N+](=O)[O-])cc1)c1ccc(Cl)cc1. The second-order valence-corrected chi connectivity index (χ2v) is 5.38. The average molecular weight is 319 g/mol. The molecule has 0 saturated heterocycles. The first-order valence-electron chi connectivity index (χ1n) is 6.74. The molecule has 1 amide bonds. The molecule has 114 valence electrons. The van der Waals surface area contributed by atoms with E-state index in [0.717, 1.165) is 11.1 Å². The van der Waals surface area contributed by atoms with Crippen LogP contribution >= 0.6 is 11.6 Å². The lowest BCUT2D eigenvalue weighted by atomic mass is 10.1. The van der Waals surface area contributed by atoms with E-state index in [1.54, 1.807) is 24.3 Å². The molecule has 2 rings (SSSR count). The van der Waals surface area contributed by atoms with Gasteiger partial charge in [-0.25, -0.2) is 0 Å². The van der Waals surface area contributed by atoms with Crippen LogP contribution in [0.4, 0.5) is 5.69 Å². The van der Waals surface area contributed by atoms with Gasteiger partial charge in [0.05, 0.1) is 17.4 Å². The highest BCUT2D eigenvalue weighted by atomic mass is 35.5. The minimum absolute atomic E-state index is 0.0127. The Morgan fingerprint density at radius 1 is 1.18 bits per heavy atom. The van der Waals surface area contributed by atoms with Crippen LogP contribution in [-0.4, -0.2) is 10.8 Å². The van der Waals surface area contributed by atoms with Crippen molar-refractivity contribution in [3.63, 3.8) is 0 Å². The number of amides is 1. The summed E-state index contributed by atoms with van der Waals surface area (Å²) in [4.78, 5) is 22.1. The second kappa shape index (κ2) is 7.04. The van der Waals surface area contributed by atoms with Gasteiger partial charge in [-0.15, -0.1) is 0 Å². The summed E-state index contributed by atoms with van der Waals surface area (Å²) in [5.74, 6) is -0.142. The van der Waals surface area contributed by atoms with Gasteiger partial charge in [0.15, 0.2) is 0 Å². The largest absolute Gasteiger partial charge is 0.349 e. The number of non-ortho nitro benzene ring substituents is 1. The molecule has 2 aromatic rings. The summed E-state index contributed by atoms with van der Waals surface area (Å²) in [6, 6.07) is 13.1. The smallest absolute Gasteiger partial charge is 0.269 e. The van der Waals surface area contributed by atoms with E-state index < -0.39 is 4.92 Å². The van der Waals surface area contributed by atoms with Crippen molar-refractivity contribution in [2.45, 2.75) is 19.4 Å². The van der Waals surface area contributed by atoms with Crippen LogP contribution in [-0.2, 0) is 11.2 Å². The number of nitro groups is 1. The molecule has 0 aliphatic carbocycles. The molecule has 0 aromatic heterocycles. The molecule has 1 N–H and O–H groups in total. The van der Waals surface area contributed by atoms with Crippen LogP contribution in [0.3, 0.4) is 0 Å². The predicted octanol–water partition coefficient (Wildman–Crippen LogP) is 3.67. The Hall–Kier alpha value is -2.40. The van der Waals surface area contributed by atoms with Crippen LogP contribution < -0.4 is 5.32 Å². The molecule has 0 fully saturated rings. The number of benzene rings is 2. The number of carbonyl (C=O) groups is 1.